The Morgan fingerprint density at radius 2 is 1.81 bits per heavy atom. The maximum Gasteiger partial charge on any atom is 0.251 e. The first-order chi connectivity index (χ1) is 15.1. The minimum atomic E-state index is -0.0630. The Morgan fingerprint density at radius 3 is 2.45 bits per heavy atom. The van der Waals surface area contributed by atoms with Crippen molar-refractivity contribution in [2.45, 2.75) is 19.9 Å². The number of carbonyl (C=O) groups excluding carboxylic acids is 1. The van der Waals surface area contributed by atoms with Crippen LogP contribution in [0.4, 0.5) is 0 Å². The van der Waals surface area contributed by atoms with Crippen molar-refractivity contribution >= 4 is 5.91 Å². The van der Waals surface area contributed by atoms with Crippen molar-refractivity contribution in [3.63, 3.8) is 0 Å². The van der Waals surface area contributed by atoms with Crippen molar-refractivity contribution in [3.8, 4) is 17.2 Å². The summed E-state index contributed by atoms with van der Waals surface area (Å²) in [7, 11) is 3.32. The van der Waals surface area contributed by atoms with Gasteiger partial charge in [-0.2, -0.15) is 5.10 Å². The first kappa shape index (κ1) is 20.9. The molecule has 0 saturated heterocycles. The van der Waals surface area contributed by atoms with Gasteiger partial charge >= 0.3 is 0 Å². The lowest BCUT2D eigenvalue weighted by Crippen LogP contribution is -2.37. The maximum atomic E-state index is 12.5. The number of benzene rings is 2. The number of rotatable bonds is 7. The molecule has 0 radical (unpaired) electrons. The molecule has 0 saturated carbocycles. The third-order valence-electron chi connectivity index (χ3n) is 5.62. The van der Waals surface area contributed by atoms with Crippen LogP contribution < -0.4 is 14.8 Å². The number of methoxy groups -OCH3 is 2. The van der Waals surface area contributed by atoms with Gasteiger partial charge in [-0.25, -0.2) is 4.68 Å². The van der Waals surface area contributed by atoms with Gasteiger partial charge in [0.1, 0.15) is 0 Å². The van der Waals surface area contributed by atoms with Gasteiger partial charge in [0.15, 0.2) is 11.5 Å². The molecule has 7 heteroatoms. The number of aryl methyl sites for hydroxylation is 1. The van der Waals surface area contributed by atoms with Gasteiger partial charge in [-0.15, -0.1) is 0 Å². The number of fused-ring (bicyclic) bond motifs is 1. The van der Waals surface area contributed by atoms with Gasteiger partial charge in [-0.1, -0.05) is 0 Å². The zero-order valence-electron chi connectivity index (χ0n) is 18.2. The summed E-state index contributed by atoms with van der Waals surface area (Å²) in [6, 6.07) is 11.6. The number of carbonyl (C=O) groups is 1. The average Bonchev–Trinajstić information content (AvgIpc) is 3.24. The molecule has 1 N–H and O–H groups in total. The summed E-state index contributed by atoms with van der Waals surface area (Å²) in [6.45, 7) is 5.19. The predicted octanol–water partition coefficient (Wildman–Crippen LogP) is 2.99. The molecule has 7 nitrogen and oxygen atoms in total. The molecule has 0 fully saturated rings. The highest BCUT2D eigenvalue weighted by Crippen LogP contribution is 2.33. The molecule has 1 aliphatic heterocycles. The average molecular weight is 421 g/mol. The van der Waals surface area contributed by atoms with E-state index in [4.69, 9.17) is 9.47 Å². The van der Waals surface area contributed by atoms with Crippen LogP contribution in [0.25, 0.3) is 5.69 Å². The van der Waals surface area contributed by atoms with Gasteiger partial charge in [0.05, 0.1) is 26.1 Å². The molecule has 2 heterocycles. The van der Waals surface area contributed by atoms with Crippen LogP contribution in [0.3, 0.4) is 0 Å². The molecule has 2 aromatic carbocycles. The van der Waals surface area contributed by atoms with Crippen LogP contribution in [-0.2, 0) is 13.0 Å². The van der Waals surface area contributed by atoms with E-state index in [1.165, 1.54) is 11.1 Å². The van der Waals surface area contributed by atoms with E-state index in [0.717, 1.165) is 48.8 Å². The van der Waals surface area contributed by atoms with Crippen LogP contribution in [0.5, 0.6) is 11.5 Å². The molecular weight excluding hydrogens is 392 g/mol. The van der Waals surface area contributed by atoms with Crippen molar-refractivity contribution in [1.29, 1.82) is 0 Å². The molecular formula is C24H28N4O3. The number of nitrogens with zero attached hydrogens (tertiary/aromatic N) is 3. The van der Waals surface area contributed by atoms with Crippen LogP contribution >= 0.6 is 0 Å². The van der Waals surface area contributed by atoms with E-state index in [1.54, 1.807) is 18.9 Å². The van der Waals surface area contributed by atoms with Crippen molar-refractivity contribution < 1.29 is 14.3 Å². The molecule has 31 heavy (non-hydrogen) atoms. The van der Waals surface area contributed by atoms with Gasteiger partial charge < -0.3 is 14.8 Å². The quantitative estimate of drug-likeness (QED) is 0.636. The topological polar surface area (TPSA) is 68.6 Å². The number of nitrogens with one attached hydrogen (secondary N) is 1. The van der Waals surface area contributed by atoms with Crippen molar-refractivity contribution in [2.24, 2.45) is 0 Å². The summed E-state index contributed by atoms with van der Waals surface area (Å²) in [5, 5.41) is 7.32. The van der Waals surface area contributed by atoms with Crippen molar-refractivity contribution in [1.82, 2.24) is 20.0 Å². The fraction of sp³-hybridized carbons (Fsp3) is 0.333. The van der Waals surface area contributed by atoms with E-state index < -0.39 is 0 Å². The zero-order chi connectivity index (χ0) is 21.8. The number of amides is 1. The Hall–Kier alpha value is -3.32. The minimum Gasteiger partial charge on any atom is -0.493 e. The summed E-state index contributed by atoms with van der Waals surface area (Å²) < 4.78 is 12.6. The summed E-state index contributed by atoms with van der Waals surface area (Å²) in [6.07, 6.45) is 4.72. The second-order valence-electron chi connectivity index (χ2n) is 7.77. The standard InChI is InChI=1S/C24H28N4O3/c1-17-14-26-28(15-17)21-6-4-18(5-7-21)24(29)25-9-11-27-10-8-19-12-22(30-2)23(31-3)13-20(19)16-27/h4-7,12-15H,8-11,16H2,1-3H3,(H,25,29). The van der Waals surface area contributed by atoms with Gasteiger partial charge in [0, 0.05) is 37.9 Å². The predicted molar refractivity (Wildman–Crippen MR) is 119 cm³/mol. The Bertz CT molecular complexity index is 1060. The lowest BCUT2D eigenvalue weighted by molar-refractivity contribution is 0.0947. The van der Waals surface area contributed by atoms with E-state index in [-0.39, 0.29) is 5.91 Å². The minimum absolute atomic E-state index is 0.0630. The van der Waals surface area contributed by atoms with Crippen molar-refractivity contribution in [2.75, 3.05) is 33.9 Å². The molecule has 162 valence electrons. The van der Waals surface area contributed by atoms with E-state index in [9.17, 15) is 4.79 Å². The van der Waals surface area contributed by atoms with Gasteiger partial charge in [0.2, 0.25) is 0 Å². The first-order valence-corrected chi connectivity index (χ1v) is 10.4. The lowest BCUT2D eigenvalue weighted by Gasteiger charge is -2.29. The summed E-state index contributed by atoms with van der Waals surface area (Å²) in [5.41, 5.74) is 5.22. The van der Waals surface area contributed by atoms with Crippen molar-refractivity contribution in [3.05, 3.63) is 71.0 Å². The number of ether oxygens (including phenoxy) is 2. The Balaban J connectivity index is 1.30. The summed E-state index contributed by atoms with van der Waals surface area (Å²) in [5.74, 6) is 1.47. The molecule has 4 rings (SSSR count). The first-order valence-electron chi connectivity index (χ1n) is 10.4. The zero-order valence-corrected chi connectivity index (χ0v) is 18.2. The molecule has 0 aliphatic carbocycles. The molecule has 0 unspecified atom stereocenters. The second kappa shape index (κ2) is 9.22. The number of aromatic nitrogens is 2. The monoisotopic (exact) mass is 420 g/mol. The van der Waals surface area contributed by atoms with Gasteiger partial charge in [-0.3, -0.25) is 9.69 Å². The third kappa shape index (κ3) is 4.72. The van der Waals surface area contributed by atoms with Crippen LogP contribution in [0.2, 0.25) is 0 Å². The molecule has 0 bridgehead atoms. The number of hydrogen-bond donors (Lipinski definition) is 1. The molecule has 3 aromatic rings. The molecule has 1 aromatic heterocycles. The second-order valence-corrected chi connectivity index (χ2v) is 7.77. The Kier molecular flexibility index (Phi) is 6.23. The molecule has 1 amide bonds. The molecule has 0 spiro atoms. The highest BCUT2D eigenvalue weighted by molar-refractivity contribution is 5.94. The highest BCUT2D eigenvalue weighted by Gasteiger charge is 2.19. The Labute approximate surface area is 182 Å². The SMILES string of the molecule is COc1cc2c(cc1OC)CN(CCNC(=O)c1ccc(-n3cc(C)cn3)cc1)CC2. The van der Waals surface area contributed by atoms with E-state index in [1.807, 2.05) is 43.6 Å². The largest absolute Gasteiger partial charge is 0.493 e. The smallest absolute Gasteiger partial charge is 0.251 e. The summed E-state index contributed by atoms with van der Waals surface area (Å²) in [4.78, 5) is 14.9. The van der Waals surface area contributed by atoms with Crippen LogP contribution in [0, 0.1) is 6.92 Å². The number of hydrogen-bond acceptors (Lipinski definition) is 5. The van der Waals surface area contributed by atoms with Gasteiger partial charge in [0.25, 0.3) is 5.91 Å². The fourth-order valence-electron chi connectivity index (χ4n) is 3.88. The molecule has 1 aliphatic rings. The lowest BCUT2D eigenvalue weighted by atomic mass is 9.99. The summed E-state index contributed by atoms with van der Waals surface area (Å²) >= 11 is 0. The van der Waals surface area contributed by atoms with E-state index in [2.05, 4.69) is 27.4 Å². The fourth-order valence-corrected chi connectivity index (χ4v) is 3.88. The normalized spacial score (nSPS) is 13.5. The van der Waals surface area contributed by atoms with E-state index >= 15 is 0 Å². The highest BCUT2D eigenvalue weighted by atomic mass is 16.5. The van der Waals surface area contributed by atoms with Crippen LogP contribution in [0.15, 0.2) is 48.8 Å². The van der Waals surface area contributed by atoms with E-state index in [0.29, 0.717) is 12.1 Å². The third-order valence-corrected chi connectivity index (χ3v) is 5.62. The maximum absolute atomic E-state index is 12.5. The van der Waals surface area contributed by atoms with Crippen LogP contribution in [0.1, 0.15) is 27.0 Å². The van der Waals surface area contributed by atoms with Gasteiger partial charge in [-0.05, 0) is 66.4 Å². The molecule has 0 atom stereocenters. The Morgan fingerprint density at radius 1 is 1.10 bits per heavy atom. The van der Waals surface area contributed by atoms with Crippen LogP contribution in [-0.4, -0.2) is 54.4 Å².